The zero-order valence-corrected chi connectivity index (χ0v) is 15.6. The second kappa shape index (κ2) is 6.60. The lowest BCUT2D eigenvalue weighted by atomic mass is 9.90. The molecule has 1 aromatic heterocycles. The van der Waals surface area contributed by atoms with Crippen LogP contribution in [0, 0.1) is 0 Å². The van der Waals surface area contributed by atoms with Crippen LogP contribution in [0.3, 0.4) is 0 Å². The van der Waals surface area contributed by atoms with Crippen LogP contribution in [-0.2, 0) is 17.8 Å². The molecule has 1 N–H and O–H groups in total. The van der Waals surface area contributed by atoms with Crippen LogP contribution in [0.4, 0.5) is 10.5 Å². The lowest BCUT2D eigenvalue weighted by Gasteiger charge is -2.47. The normalized spacial score (nSPS) is 19.4. The maximum atomic E-state index is 12.6. The van der Waals surface area contributed by atoms with Gasteiger partial charge in [-0.1, -0.05) is 0 Å². The number of pyridine rings is 1. The molecule has 0 atom stereocenters. The molecule has 144 valence electrons. The first-order valence-electron chi connectivity index (χ1n) is 9.63. The fourth-order valence-corrected chi connectivity index (χ4v) is 4.24. The van der Waals surface area contributed by atoms with Crippen LogP contribution < -0.4 is 5.32 Å². The third-order valence-corrected chi connectivity index (χ3v) is 5.83. The van der Waals surface area contributed by atoms with Gasteiger partial charge in [0, 0.05) is 43.3 Å². The van der Waals surface area contributed by atoms with Crippen molar-refractivity contribution in [3.63, 3.8) is 0 Å². The fraction of sp³-hybridized carbons (Fsp3) is 0.381. The second-order valence-corrected chi connectivity index (χ2v) is 7.80. The van der Waals surface area contributed by atoms with Crippen molar-refractivity contribution in [2.75, 3.05) is 25.0 Å². The predicted octanol–water partition coefficient (Wildman–Crippen LogP) is 2.63. The zero-order chi connectivity index (χ0) is 19.1. The molecule has 2 fully saturated rings. The van der Waals surface area contributed by atoms with E-state index in [1.165, 1.54) is 0 Å². The van der Waals surface area contributed by atoms with E-state index in [0.29, 0.717) is 37.4 Å². The lowest BCUT2D eigenvalue weighted by molar-refractivity contribution is -0.0949. The monoisotopic (exact) mass is 378 g/mol. The Morgan fingerprint density at radius 3 is 2.54 bits per heavy atom. The molecule has 0 saturated carbocycles. The van der Waals surface area contributed by atoms with Gasteiger partial charge in [0.25, 0.3) is 5.91 Å². The Labute approximate surface area is 163 Å². The molecule has 7 nitrogen and oxygen atoms in total. The molecular weight excluding hydrogens is 356 g/mol. The van der Waals surface area contributed by atoms with E-state index in [9.17, 15) is 9.59 Å². The number of likely N-dealkylation sites (tertiary alicyclic amines) is 1. The summed E-state index contributed by atoms with van der Waals surface area (Å²) in [7, 11) is 0. The summed E-state index contributed by atoms with van der Waals surface area (Å²) in [5, 5.41) is 2.90. The van der Waals surface area contributed by atoms with Crippen molar-refractivity contribution >= 4 is 17.6 Å². The van der Waals surface area contributed by atoms with Crippen LogP contribution in [0.5, 0.6) is 0 Å². The number of amides is 3. The summed E-state index contributed by atoms with van der Waals surface area (Å²) in [4.78, 5) is 32.8. The Kier molecular flexibility index (Phi) is 4.05. The van der Waals surface area contributed by atoms with Crippen LogP contribution in [0.25, 0.3) is 0 Å². The number of aromatic nitrogens is 1. The number of hydrogen-bond donors (Lipinski definition) is 1. The molecule has 0 unspecified atom stereocenters. The zero-order valence-electron chi connectivity index (χ0n) is 15.6. The first-order valence-corrected chi connectivity index (χ1v) is 9.63. The van der Waals surface area contributed by atoms with E-state index in [1.54, 1.807) is 41.6 Å². The molecule has 3 aliphatic rings. The molecule has 3 aliphatic heterocycles. The SMILES string of the molecule is O=C(Nc1ccc(C(=O)N2CC3(CCCO3)C2)cc1)N1Cc2ccncc2C1. The highest BCUT2D eigenvalue weighted by molar-refractivity contribution is 5.96. The number of rotatable bonds is 2. The second-order valence-electron chi connectivity index (χ2n) is 7.80. The molecule has 0 aliphatic carbocycles. The third-order valence-electron chi connectivity index (χ3n) is 5.83. The lowest BCUT2D eigenvalue weighted by Crippen LogP contribution is -2.63. The van der Waals surface area contributed by atoms with Gasteiger partial charge in [0.1, 0.15) is 5.60 Å². The van der Waals surface area contributed by atoms with Crippen molar-refractivity contribution in [3.05, 3.63) is 59.4 Å². The number of carbonyl (C=O) groups excluding carboxylic acids is 2. The summed E-state index contributed by atoms with van der Waals surface area (Å²) >= 11 is 0. The van der Waals surface area contributed by atoms with Crippen molar-refractivity contribution in [2.24, 2.45) is 0 Å². The summed E-state index contributed by atoms with van der Waals surface area (Å²) in [5.74, 6) is 0.0153. The van der Waals surface area contributed by atoms with Gasteiger partial charge in [0.15, 0.2) is 0 Å². The molecule has 1 aromatic carbocycles. The fourth-order valence-electron chi connectivity index (χ4n) is 4.24. The average molecular weight is 378 g/mol. The molecule has 2 aromatic rings. The molecule has 2 saturated heterocycles. The number of nitrogens with one attached hydrogen (secondary N) is 1. The topological polar surface area (TPSA) is 74.8 Å². The Hall–Kier alpha value is -2.93. The number of ether oxygens (including phenoxy) is 1. The Morgan fingerprint density at radius 1 is 1.04 bits per heavy atom. The van der Waals surface area contributed by atoms with E-state index in [1.807, 2.05) is 11.0 Å². The maximum absolute atomic E-state index is 12.6. The van der Waals surface area contributed by atoms with Crippen LogP contribution in [0.2, 0.25) is 0 Å². The molecule has 28 heavy (non-hydrogen) atoms. The molecule has 3 amide bonds. The third kappa shape index (κ3) is 3.01. The molecule has 0 radical (unpaired) electrons. The molecular formula is C21H22N4O3. The van der Waals surface area contributed by atoms with Crippen LogP contribution in [-0.4, -0.2) is 52.0 Å². The van der Waals surface area contributed by atoms with Gasteiger partial charge in [-0.25, -0.2) is 4.79 Å². The Balaban J connectivity index is 1.18. The van der Waals surface area contributed by atoms with Gasteiger partial charge in [0.05, 0.1) is 13.1 Å². The molecule has 1 spiro atoms. The van der Waals surface area contributed by atoms with E-state index in [0.717, 1.165) is 30.6 Å². The Morgan fingerprint density at radius 2 is 1.82 bits per heavy atom. The minimum atomic E-state index is -0.154. The predicted molar refractivity (Wildman–Crippen MR) is 103 cm³/mol. The quantitative estimate of drug-likeness (QED) is 0.872. The van der Waals surface area contributed by atoms with Crippen LogP contribution in [0.15, 0.2) is 42.7 Å². The highest BCUT2D eigenvalue weighted by Gasteiger charge is 2.48. The van der Waals surface area contributed by atoms with Crippen molar-refractivity contribution in [2.45, 2.75) is 31.5 Å². The van der Waals surface area contributed by atoms with E-state index in [-0.39, 0.29) is 17.5 Å². The van der Waals surface area contributed by atoms with Gasteiger partial charge in [-0.05, 0) is 54.3 Å². The van der Waals surface area contributed by atoms with Gasteiger partial charge in [-0.3, -0.25) is 9.78 Å². The van der Waals surface area contributed by atoms with Gasteiger partial charge >= 0.3 is 6.03 Å². The van der Waals surface area contributed by atoms with Crippen molar-refractivity contribution in [3.8, 4) is 0 Å². The summed E-state index contributed by atoms with van der Waals surface area (Å²) in [6.07, 6.45) is 5.67. The number of nitrogens with zero attached hydrogens (tertiary/aromatic N) is 3. The van der Waals surface area contributed by atoms with E-state index < -0.39 is 0 Å². The molecule has 7 heteroatoms. The number of hydrogen-bond acceptors (Lipinski definition) is 4. The van der Waals surface area contributed by atoms with Crippen molar-refractivity contribution in [1.29, 1.82) is 0 Å². The summed E-state index contributed by atoms with van der Waals surface area (Å²) < 4.78 is 5.78. The van der Waals surface area contributed by atoms with Crippen LogP contribution >= 0.6 is 0 Å². The number of anilines is 1. The summed E-state index contributed by atoms with van der Waals surface area (Å²) in [6, 6.07) is 8.87. The van der Waals surface area contributed by atoms with E-state index in [2.05, 4.69) is 10.3 Å². The van der Waals surface area contributed by atoms with Gasteiger partial charge in [0.2, 0.25) is 0 Å². The van der Waals surface area contributed by atoms with E-state index >= 15 is 0 Å². The summed E-state index contributed by atoms with van der Waals surface area (Å²) in [5.41, 5.74) is 3.43. The standard InChI is InChI=1S/C21H22N4O3/c26-19(25-13-21(14-25)7-1-9-28-21)15-2-4-18(5-3-15)23-20(27)24-11-16-6-8-22-10-17(16)12-24/h2-6,8,10H,1,7,9,11-14H2,(H,23,27). The molecule has 0 bridgehead atoms. The first-order chi connectivity index (χ1) is 13.6. The number of urea groups is 1. The minimum Gasteiger partial charge on any atom is -0.371 e. The highest BCUT2D eigenvalue weighted by atomic mass is 16.5. The molecule has 5 rings (SSSR count). The first kappa shape index (κ1) is 17.2. The average Bonchev–Trinajstić information content (AvgIpc) is 3.34. The van der Waals surface area contributed by atoms with Crippen LogP contribution in [0.1, 0.15) is 34.3 Å². The molecule has 4 heterocycles. The van der Waals surface area contributed by atoms with E-state index in [4.69, 9.17) is 4.74 Å². The largest absolute Gasteiger partial charge is 0.371 e. The van der Waals surface area contributed by atoms with Crippen molar-refractivity contribution < 1.29 is 14.3 Å². The number of carbonyl (C=O) groups is 2. The van der Waals surface area contributed by atoms with Crippen molar-refractivity contribution in [1.82, 2.24) is 14.8 Å². The smallest absolute Gasteiger partial charge is 0.322 e. The van der Waals surface area contributed by atoms with Gasteiger partial charge in [-0.15, -0.1) is 0 Å². The van der Waals surface area contributed by atoms with Gasteiger partial charge < -0.3 is 19.9 Å². The van der Waals surface area contributed by atoms with Gasteiger partial charge in [-0.2, -0.15) is 0 Å². The maximum Gasteiger partial charge on any atom is 0.322 e. The highest BCUT2D eigenvalue weighted by Crippen LogP contribution is 2.35. The number of benzene rings is 1. The minimum absolute atomic E-state index is 0.0153. The number of fused-ring (bicyclic) bond motifs is 1. The Bertz CT molecular complexity index is 889. The summed E-state index contributed by atoms with van der Waals surface area (Å²) in [6.45, 7) is 3.29.